The van der Waals surface area contributed by atoms with Crippen LogP contribution in [0.15, 0.2) is 12.3 Å². The van der Waals surface area contributed by atoms with Crippen molar-refractivity contribution in [3.63, 3.8) is 0 Å². The van der Waals surface area contributed by atoms with Gasteiger partial charge in [0, 0.05) is 38.0 Å². The van der Waals surface area contributed by atoms with Crippen LogP contribution < -0.4 is 0 Å². The molecule has 0 radical (unpaired) electrons. The Hall–Kier alpha value is -1.50. The Labute approximate surface area is 122 Å². The van der Waals surface area contributed by atoms with Crippen molar-refractivity contribution in [2.45, 2.75) is 45.2 Å². The van der Waals surface area contributed by atoms with E-state index in [4.69, 9.17) is 5.11 Å². The van der Waals surface area contributed by atoms with Crippen LogP contribution in [0.4, 0.5) is 8.78 Å². The third-order valence-corrected chi connectivity index (χ3v) is 3.89. The number of aromatic nitrogens is 2. The van der Waals surface area contributed by atoms with Crippen LogP contribution in [0.3, 0.4) is 0 Å². The van der Waals surface area contributed by atoms with Crippen LogP contribution in [0, 0.1) is 5.92 Å². The molecule has 1 N–H and O–H groups in total. The summed E-state index contributed by atoms with van der Waals surface area (Å²) in [4.78, 5) is 13.9. The van der Waals surface area contributed by atoms with Gasteiger partial charge in [0.15, 0.2) is 0 Å². The van der Waals surface area contributed by atoms with E-state index in [1.165, 1.54) is 4.90 Å². The van der Waals surface area contributed by atoms with Crippen molar-refractivity contribution in [3.05, 3.63) is 18.0 Å². The number of amides is 1. The van der Waals surface area contributed by atoms with Crippen molar-refractivity contribution in [3.8, 4) is 0 Å². The zero-order valence-electron chi connectivity index (χ0n) is 12.1. The Morgan fingerprint density at radius 1 is 1.62 bits per heavy atom. The maximum atomic E-state index is 13.3. The van der Waals surface area contributed by atoms with E-state index in [2.05, 4.69) is 5.10 Å². The van der Waals surface area contributed by atoms with E-state index in [-0.39, 0.29) is 44.9 Å². The molecule has 2 rings (SSSR count). The predicted molar refractivity (Wildman–Crippen MR) is 72.7 cm³/mol. The van der Waals surface area contributed by atoms with Crippen LogP contribution in [0.1, 0.15) is 31.9 Å². The number of halogens is 2. The number of alkyl halides is 2. The number of hydrogen-bond acceptors (Lipinski definition) is 3. The predicted octanol–water partition coefficient (Wildman–Crippen LogP) is 1.66. The number of aliphatic hydroxyl groups excluding tert-OH is 1. The highest BCUT2D eigenvalue weighted by atomic mass is 19.3. The second kappa shape index (κ2) is 6.51. The van der Waals surface area contributed by atoms with Crippen LogP contribution in [-0.4, -0.2) is 44.8 Å². The van der Waals surface area contributed by atoms with E-state index in [0.717, 1.165) is 5.69 Å². The smallest absolute Gasteiger partial charge is 0.248 e. The third kappa shape index (κ3) is 3.78. The molecule has 118 valence electrons. The van der Waals surface area contributed by atoms with Gasteiger partial charge in [-0.15, -0.1) is 0 Å². The lowest BCUT2D eigenvalue weighted by atomic mass is 10.1. The Morgan fingerprint density at radius 2 is 2.38 bits per heavy atom. The number of nitrogens with zero attached hydrogens (tertiary/aromatic N) is 3. The molecule has 0 aromatic carbocycles. The molecule has 5 nitrogen and oxygen atoms in total. The fourth-order valence-electron chi connectivity index (χ4n) is 2.78. The molecule has 1 aliphatic carbocycles. The molecule has 7 heteroatoms. The summed E-state index contributed by atoms with van der Waals surface area (Å²) in [5, 5.41) is 13.2. The van der Waals surface area contributed by atoms with Crippen LogP contribution in [0.2, 0.25) is 0 Å². The van der Waals surface area contributed by atoms with Gasteiger partial charge in [0.05, 0.1) is 18.8 Å². The summed E-state index contributed by atoms with van der Waals surface area (Å²) < 4.78 is 28.3. The molecule has 1 aromatic rings. The van der Waals surface area contributed by atoms with Crippen LogP contribution in [-0.2, 0) is 17.9 Å². The minimum atomic E-state index is -2.74. The fourth-order valence-corrected chi connectivity index (χ4v) is 2.78. The summed E-state index contributed by atoms with van der Waals surface area (Å²) in [5.41, 5.74) is 0.837. The van der Waals surface area contributed by atoms with Gasteiger partial charge in [0.1, 0.15) is 0 Å². The number of aryl methyl sites for hydroxylation is 1. The minimum Gasteiger partial charge on any atom is -0.395 e. The van der Waals surface area contributed by atoms with E-state index in [9.17, 15) is 13.6 Å². The first-order valence-corrected chi connectivity index (χ1v) is 7.25. The molecular weight excluding hydrogens is 280 g/mol. The van der Waals surface area contributed by atoms with Crippen LogP contribution in [0.25, 0.3) is 0 Å². The van der Waals surface area contributed by atoms with E-state index in [1.54, 1.807) is 16.9 Å². The van der Waals surface area contributed by atoms with Crippen molar-refractivity contribution < 1.29 is 18.7 Å². The Kier molecular flexibility index (Phi) is 4.92. The first kappa shape index (κ1) is 15.9. The van der Waals surface area contributed by atoms with Crippen molar-refractivity contribution in [2.24, 2.45) is 5.92 Å². The molecule has 1 heterocycles. The van der Waals surface area contributed by atoms with Gasteiger partial charge in [-0.3, -0.25) is 9.48 Å². The Balaban J connectivity index is 2.06. The monoisotopic (exact) mass is 301 g/mol. The highest BCUT2D eigenvalue weighted by molar-refractivity contribution is 5.79. The minimum absolute atomic E-state index is 0.149. The highest BCUT2D eigenvalue weighted by Gasteiger charge is 2.43. The van der Waals surface area contributed by atoms with Gasteiger partial charge in [-0.1, -0.05) is 0 Å². The molecule has 21 heavy (non-hydrogen) atoms. The topological polar surface area (TPSA) is 58.4 Å². The van der Waals surface area contributed by atoms with Crippen LogP contribution in [0.5, 0.6) is 0 Å². The lowest BCUT2D eigenvalue weighted by Crippen LogP contribution is -2.38. The molecule has 0 bridgehead atoms. The normalized spacial score (nSPS) is 20.7. The standard InChI is InChI=1S/C14H21F2N3O2/c1-2-19-12(4-6-17-19)10-18(7-8-20)13(21)11-3-5-14(15,16)9-11/h4,6,11,20H,2-3,5,7-10H2,1H3. The summed E-state index contributed by atoms with van der Waals surface area (Å²) in [6, 6.07) is 1.80. The quantitative estimate of drug-likeness (QED) is 0.869. The number of hydrogen-bond donors (Lipinski definition) is 1. The molecule has 1 saturated carbocycles. The highest BCUT2D eigenvalue weighted by Crippen LogP contribution is 2.39. The number of aliphatic hydroxyl groups is 1. The second-order valence-electron chi connectivity index (χ2n) is 5.42. The second-order valence-corrected chi connectivity index (χ2v) is 5.42. The van der Waals surface area contributed by atoms with E-state index in [0.29, 0.717) is 6.54 Å². The zero-order valence-corrected chi connectivity index (χ0v) is 12.1. The lowest BCUT2D eigenvalue weighted by Gasteiger charge is -2.25. The van der Waals surface area contributed by atoms with Gasteiger partial charge in [0.2, 0.25) is 11.8 Å². The molecule has 1 aliphatic rings. The number of carbonyl (C=O) groups excluding carboxylic acids is 1. The van der Waals surface area contributed by atoms with E-state index >= 15 is 0 Å². The van der Waals surface area contributed by atoms with E-state index < -0.39 is 11.8 Å². The number of rotatable bonds is 6. The van der Waals surface area contributed by atoms with Gasteiger partial charge in [-0.05, 0) is 19.4 Å². The molecule has 0 saturated heterocycles. The first-order valence-electron chi connectivity index (χ1n) is 7.25. The summed E-state index contributed by atoms with van der Waals surface area (Å²) >= 11 is 0. The molecule has 1 unspecified atom stereocenters. The largest absolute Gasteiger partial charge is 0.395 e. The average Bonchev–Trinajstić information content (AvgIpc) is 3.03. The zero-order chi connectivity index (χ0) is 15.5. The van der Waals surface area contributed by atoms with Gasteiger partial charge in [-0.2, -0.15) is 5.10 Å². The summed E-state index contributed by atoms with van der Waals surface area (Å²) in [5.74, 6) is -3.69. The molecule has 1 amide bonds. The maximum absolute atomic E-state index is 13.3. The molecule has 0 aliphatic heterocycles. The van der Waals surface area contributed by atoms with Crippen molar-refractivity contribution in [2.75, 3.05) is 13.2 Å². The maximum Gasteiger partial charge on any atom is 0.248 e. The molecule has 1 atom stereocenters. The first-order chi connectivity index (χ1) is 9.96. The third-order valence-electron chi connectivity index (χ3n) is 3.89. The van der Waals surface area contributed by atoms with Gasteiger partial charge in [-0.25, -0.2) is 8.78 Å². The van der Waals surface area contributed by atoms with Crippen molar-refractivity contribution in [1.82, 2.24) is 14.7 Å². The van der Waals surface area contributed by atoms with Crippen LogP contribution >= 0.6 is 0 Å². The van der Waals surface area contributed by atoms with Gasteiger partial charge in [0.25, 0.3) is 0 Å². The lowest BCUT2D eigenvalue weighted by molar-refractivity contribution is -0.137. The molecular formula is C14H21F2N3O2. The summed E-state index contributed by atoms with van der Waals surface area (Å²) in [7, 11) is 0. The summed E-state index contributed by atoms with van der Waals surface area (Å²) in [6.45, 7) is 2.86. The van der Waals surface area contributed by atoms with Gasteiger partial charge >= 0.3 is 0 Å². The molecule has 1 fully saturated rings. The van der Waals surface area contributed by atoms with Crippen molar-refractivity contribution >= 4 is 5.91 Å². The Bertz CT molecular complexity index is 490. The number of carbonyl (C=O) groups is 1. The molecule has 1 aromatic heterocycles. The SMILES string of the molecule is CCn1nccc1CN(CCO)C(=O)C1CCC(F)(F)C1. The fraction of sp³-hybridized carbons (Fsp3) is 0.714. The Morgan fingerprint density at radius 3 is 2.95 bits per heavy atom. The average molecular weight is 301 g/mol. The molecule has 0 spiro atoms. The van der Waals surface area contributed by atoms with Gasteiger partial charge < -0.3 is 10.0 Å². The summed E-state index contributed by atoms with van der Waals surface area (Å²) in [6.07, 6.45) is 1.23. The van der Waals surface area contributed by atoms with Crippen molar-refractivity contribution in [1.29, 1.82) is 0 Å². The van der Waals surface area contributed by atoms with E-state index in [1.807, 2.05) is 6.92 Å².